The minimum absolute atomic E-state index is 0.318. The molecule has 1 N–H and O–H groups in total. The molecule has 0 aliphatic heterocycles. The summed E-state index contributed by atoms with van der Waals surface area (Å²) < 4.78 is 26.9. The van der Waals surface area contributed by atoms with Crippen molar-refractivity contribution in [3.05, 3.63) is 82.1 Å². The zero-order valence-corrected chi connectivity index (χ0v) is 15.6. The third-order valence-corrected chi connectivity index (χ3v) is 4.87. The summed E-state index contributed by atoms with van der Waals surface area (Å²) in [6.45, 7) is 0.617. The first-order valence-electron chi connectivity index (χ1n) is 7.75. The van der Waals surface area contributed by atoms with Crippen molar-refractivity contribution in [2.24, 2.45) is 4.99 Å². The van der Waals surface area contributed by atoms with Crippen LogP contribution in [0.25, 0.3) is 0 Å². The van der Waals surface area contributed by atoms with Crippen LogP contribution in [0.2, 0.25) is 0 Å². The Balaban J connectivity index is 1.86. The lowest BCUT2D eigenvalue weighted by Crippen LogP contribution is -2.17. The zero-order valence-electron chi connectivity index (χ0n) is 14.0. The molecule has 3 aromatic rings. The molecule has 8 heteroatoms. The average Bonchev–Trinajstić information content (AvgIpc) is 3.01. The molecular weight excluding hydrogens is 370 g/mol. The molecule has 0 unspecified atom stereocenters. The Bertz CT molecular complexity index is 1080. The Morgan fingerprint density at radius 2 is 1.92 bits per heavy atom. The molecule has 134 valence electrons. The molecule has 6 nitrogen and oxygen atoms in total. The van der Waals surface area contributed by atoms with Crippen molar-refractivity contribution in [1.29, 1.82) is 0 Å². The number of hydrogen-bond donors (Lipinski definition) is 1. The Kier molecular flexibility index (Phi) is 5.34. The van der Waals surface area contributed by atoms with E-state index in [-0.39, 0.29) is 0 Å². The van der Waals surface area contributed by atoms with E-state index in [4.69, 9.17) is 0 Å². The van der Waals surface area contributed by atoms with Crippen molar-refractivity contribution in [2.75, 3.05) is 11.0 Å². The normalized spacial score (nSPS) is 12.1. The minimum Gasteiger partial charge on any atom is -0.319 e. The molecule has 0 spiro atoms. The van der Waals surface area contributed by atoms with Gasteiger partial charge in [-0.1, -0.05) is 36.4 Å². The number of aromatic nitrogens is 1. The molecule has 0 atom stereocenters. The number of hydrogen-bond acceptors (Lipinski definition) is 4. The molecule has 1 heterocycles. The van der Waals surface area contributed by atoms with Gasteiger partial charge in [-0.05, 0) is 23.8 Å². The predicted octanol–water partition coefficient (Wildman–Crippen LogP) is 2.71. The smallest absolute Gasteiger partial charge is 0.279 e. The lowest BCUT2D eigenvalue weighted by Gasteiger charge is -2.05. The second-order valence-electron chi connectivity index (χ2n) is 5.67. The number of sulfonamides is 1. The third-order valence-electron chi connectivity index (χ3n) is 3.47. The lowest BCUT2D eigenvalue weighted by molar-refractivity contribution is 0.0998. The molecule has 0 aliphatic carbocycles. The minimum atomic E-state index is -3.40. The first-order valence-corrected chi connectivity index (χ1v) is 10.5. The van der Waals surface area contributed by atoms with Gasteiger partial charge in [0, 0.05) is 29.4 Å². The number of anilines is 1. The van der Waals surface area contributed by atoms with E-state index in [1.54, 1.807) is 18.2 Å². The fraction of sp³-hybridized carbons (Fsp3) is 0.111. The molecule has 26 heavy (non-hydrogen) atoms. The van der Waals surface area contributed by atoms with E-state index >= 15 is 0 Å². The van der Waals surface area contributed by atoms with Crippen LogP contribution >= 0.6 is 11.3 Å². The molecule has 0 radical (unpaired) electrons. The van der Waals surface area contributed by atoms with E-state index in [0.717, 1.165) is 11.8 Å². The van der Waals surface area contributed by atoms with Gasteiger partial charge in [0.15, 0.2) is 4.80 Å². The van der Waals surface area contributed by atoms with E-state index in [9.17, 15) is 13.2 Å². The third kappa shape index (κ3) is 4.90. The zero-order chi connectivity index (χ0) is 18.6. The maximum Gasteiger partial charge on any atom is 0.279 e. The monoisotopic (exact) mass is 387 g/mol. The topological polar surface area (TPSA) is 80.5 Å². The number of amides is 1. The first kappa shape index (κ1) is 18.1. The van der Waals surface area contributed by atoms with Gasteiger partial charge in [0.1, 0.15) is 0 Å². The summed E-state index contributed by atoms with van der Waals surface area (Å²) in [6, 6.07) is 16.2. The van der Waals surface area contributed by atoms with Crippen LogP contribution in [0.1, 0.15) is 15.9 Å². The number of carbonyl (C=O) groups is 1. The van der Waals surface area contributed by atoms with Crippen LogP contribution in [0, 0.1) is 0 Å². The molecule has 0 fully saturated rings. The Morgan fingerprint density at radius 3 is 2.65 bits per heavy atom. The van der Waals surface area contributed by atoms with Crippen LogP contribution in [0.3, 0.4) is 0 Å². The van der Waals surface area contributed by atoms with Crippen molar-refractivity contribution in [3.63, 3.8) is 0 Å². The number of benzene rings is 2. The van der Waals surface area contributed by atoms with E-state index in [0.29, 0.717) is 22.6 Å². The number of rotatable bonds is 5. The summed E-state index contributed by atoms with van der Waals surface area (Å²) in [5, 5.41) is 1.87. The van der Waals surface area contributed by atoms with Gasteiger partial charge < -0.3 is 4.57 Å². The van der Waals surface area contributed by atoms with E-state index in [1.165, 1.54) is 17.4 Å². The summed E-state index contributed by atoms with van der Waals surface area (Å²) in [5.41, 5.74) is 1.76. The molecule has 2 aromatic carbocycles. The molecule has 1 amide bonds. The maximum atomic E-state index is 12.5. The van der Waals surface area contributed by atoms with Crippen LogP contribution < -0.4 is 9.52 Å². The molecule has 0 saturated heterocycles. The second-order valence-corrected chi connectivity index (χ2v) is 8.29. The van der Waals surface area contributed by atoms with Crippen molar-refractivity contribution >= 4 is 33.0 Å². The van der Waals surface area contributed by atoms with Crippen molar-refractivity contribution in [1.82, 2.24) is 4.57 Å². The highest BCUT2D eigenvalue weighted by Crippen LogP contribution is 2.13. The number of nitrogens with one attached hydrogen (secondary N) is 1. The first-order chi connectivity index (χ1) is 12.4. The summed E-state index contributed by atoms with van der Waals surface area (Å²) in [4.78, 5) is 17.3. The Morgan fingerprint density at radius 1 is 1.15 bits per heavy atom. The Hall–Kier alpha value is -2.71. The van der Waals surface area contributed by atoms with Gasteiger partial charge in [-0.2, -0.15) is 4.99 Å². The number of thiazole rings is 1. The number of carbonyl (C=O) groups excluding carboxylic acids is 1. The van der Waals surface area contributed by atoms with E-state index in [1.807, 2.05) is 46.5 Å². The van der Waals surface area contributed by atoms with Gasteiger partial charge in [0.25, 0.3) is 5.91 Å². The van der Waals surface area contributed by atoms with E-state index < -0.39 is 15.9 Å². The summed E-state index contributed by atoms with van der Waals surface area (Å²) in [6.07, 6.45) is 2.94. The summed E-state index contributed by atoms with van der Waals surface area (Å²) >= 11 is 1.37. The van der Waals surface area contributed by atoms with Crippen LogP contribution in [0.4, 0.5) is 5.69 Å². The summed E-state index contributed by atoms with van der Waals surface area (Å²) in [5.74, 6) is -0.425. The predicted molar refractivity (Wildman–Crippen MR) is 103 cm³/mol. The highest BCUT2D eigenvalue weighted by molar-refractivity contribution is 7.92. The Labute approximate surface area is 155 Å². The average molecular weight is 387 g/mol. The highest BCUT2D eigenvalue weighted by atomic mass is 32.2. The maximum absolute atomic E-state index is 12.5. The highest BCUT2D eigenvalue weighted by Gasteiger charge is 2.08. The van der Waals surface area contributed by atoms with Gasteiger partial charge in [-0.3, -0.25) is 9.52 Å². The molecule has 3 rings (SSSR count). The van der Waals surface area contributed by atoms with Crippen molar-refractivity contribution < 1.29 is 13.2 Å². The van der Waals surface area contributed by atoms with Gasteiger partial charge >= 0.3 is 0 Å². The molecule has 0 bridgehead atoms. The largest absolute Gasteiger partial charge is 0.319 e. The van der Waals surface area contributed by atoms with Crippen LogP contribution in [0.15, 0.2) is 71.2 Å². The fourth-order valence-corrected chi connectivity index (χ4v) is 3.65. The van der Waals surface area contributed by atoms with Crippen LogP contribution in [0.5, 0.6) is 0 Å². The van der Waals surface area contributed by atoms with Gasteiger partial charge in [0.05, 0.1) is 6.26 Å². The van der Waals surface area contributed by atoms with E-state index in [2.05, 4.69) is 9.71 Å². The molecule has 0 saturated carbocycles. The molecule has 1 aromatic heterocycles. The summed E-state index contributed by atoms with van der Waals surface area (Å²) in [7, 11) is -3.40. The fourth-order valence-electron chi connectivity index (χ4n) is 2.37. The standard InChI is InChI=1S/C18H17N3O3S2/c1-26(23,24)20-16-9-5-8-15(12-16)17(22)19-18-21(10-11-25-18)13-14-6-3-2-4-7-14/h2-12,20H,13H2,1H3. The second kappa shape index (κ2) is 7.67. The molecular formula is C18H17N3O3S2. The van der Waals surface area contributed by atoms with Crippen molar-refractivity contribution in [2.45, 2.75) is 6.54 Å². The molecule has 0 aliphatic rings. The van der Waals surface area contributed by atoms with Crippen molar-refractivity contribution in [3.8, 4) is 0 Å². The van der Waals surface area contributed by atoms with Crippen LogP contribution in [-0.2, 0) is 16.6 Å². The SMILES string of the molecule is CS(=O)(=O)Nc1cccc(C(=O)N=c2sccn2Cc2ccccc2)c1. The van der Waals surface area contributed by atoms with Crippen LogP contribution in [-0.4, -0.2) is 25.1 Å². The van der Waals surface area contributed by atoms with Gasteiger partial charge in [0.2, 0.25) is 10.0 Å². The van der Waals surface area contributed by atoms with Gasteiger partial charge in [-0.25, -0.2) is 8.42 Å². The quantitative estimate of drug-likeness (QED) is 0.731. The van der Waals surface area contributed by atoms with Gasteiger partial charge in [-0.15, -0.1) is 11.3 Å². The number of nitrogens with zero attached hydrogens (tertiary/aromatic N) is 2. The lowest BCUT2D eigenvalue weighted by atomic mass is 10.2.